The van der Waals surface area contributed by atoms with Crippen LogP contribution < -0.4 is 0 Å². The van der Waals surface area contributed by atoms with Gasteiger partial charge in [-0.25, -0.2) is 13.9 Å². The van der Waals surface area contributed by atoms with E-state index in [9.17, 15) is 14.0 Å². The molecule has 0 N–H and O–H groups in total. The number of hydrogen-bond acceptors (Lipinski definition) is 4. The number of esters is 1. The van der Waals surface area contributed by atoms with E-state index >= 15 is 0 Å². The summed E-state index contributed by atoms with van der Waals surface area (Å²) in [6, 6.07) is 15.3. The first-order chi connectivity index (χ1) is 13.9. The van der Waals surface area contributed by atoms with Gasteiger partial charge in [0, 0.05) is 19.2 Å². The van der Waals surface area contributed by atoms with Crippen molar-refractivity contribution in [1.82, 2.24) is 14.7 Å². The number of nitrogens with zero attached hydrogens (tertiary/aromatic N) is 3. The van der Waals surface area contributed by atoms with E-state index in [1.54, 1.807) is 37.3 Å². The molecule has 150 valence electrons. The van der Waals surface area contributed by atoms with Crippen LogP contribution >= 0.6 is 11.6 Å². The standard InChI is InChI=1S/C21H19ClFN3O3/c1-14-19(20(22)26(24-14)16-9-4-3-5-10-16)21(28)29-13-18(27)25(2)12-15-8-6-7-11-17(15)23/h3-11H,12-13H2,1-2H3. The highest BCUT2D eigenvalue weighted by atomic mass is 35.5. The lowest BCUT2D eigenvalue weighted by Gasteiger charge is -2.17. The van der Waals surface area contributed by atoms with E-state index < -0.39 is 24.3 Å². The van der Waals surface area contributed by atoms with Crippen molar-refractivity contribution >= 4 is 23.5 Å². The Morgan fingerprint density at radius 2 is 1.79 bits per heavy atom. The van der Waals surface area contributed by atoms with Gasteiger partial charge >= 0.3 is 5.97 Å². The summed E-state index contributed by atoms with van der Waals surface area (Å²) in [5, 5.41) is 4.38. The van der Waals surface area contributed by atoms with Crippen molar-refractivity contribution in [2.45, 2.75) is 13.5 Å². The largest absolute Gasteiger partial charge is 0.452 e. The number of para-hydroxylation sites is 1. The van der Waals surface area contributed by atoms with Crippen molar-refractivity contribution in [3.63, 3.8) is 0 Å². The van der Waals surface area contributed by atoms with Crippen LogP contribution in [0.4, 0.5) is 4.39 Å². The van der Waals surface area contributed by atoms with Crippen molar-refractivity contribution in [3.05, 3.63) is 82.4 Å². The maximum absolute atomic E-state index is 13.7. The summed E-state index contributed by atoms with van der Waals surface area (Å²) in [7, 11) is 1.51. The molecule has 3 rings (SSSR count). The minimum Gasteiger partial charge on any atom is -0.452 e. The van der Waals surface area contributed by atoms with Crippen LogP contribution in [0.2, 0.25) is 5.15 Å². The fourth-order valence-electron chi connectivity index (χ4n) is 2.75. The molecule has 0 saturated heterocycles. The maximum atomic E-state index is 13.7. The maximum Gasteiger partial charge on any atom is 0.343 e. The molecule has 1 heterocycles. The average molecular weight is 416 g/mol. The first-order valence-corrected chi connectivity index (χ1v) is 9.21. The molecule has 2 aromatic carbocycles. The predicted octanol–water partition coefficient (Wildman–Crippen LogP) is 3.79. The molecule has 0 atom stereocenters. The zero-order valence-corrected chi connectivity index (χ0v) is 16.7. The number of halogens is 2. The number of aryl methyl sites for hydroxylation is 1. The van der Waals surface area contributed by atoms with Crippen LogP contribution in [-0.4, -0.2) is 40.2 Å². The van der Waals surface area contributed by atoms with Gasteiger partial charge < -0.3 is 9.64 Å². The lowest BCUT2D eigenvalue weighted by Crippen LogP contribution is -2.31. The van der Waals surface area contributed by atoms with Gasteiger partial charge in [-0.3, -0.25) is 4.79 Å². The zero-order chi connectivity index (χ0) is 21.0. The van der Waals surface area contributed by atoms with Gasteiger partial charge in [0.25, 0.3) is 5.91 Å². The highest BCUT2D eigenvalue weighted by Crippen LogP contribution is 2.24. The number of hydrogen-bond donors (Lipinski definition) is 0. The van der Waals surface area contributed by atoms with E-state index in [2.05, 4.69) is 5.10 Å². The summed E-state index contributed by atoms with van der Waals surface area (Å²) in [4.78, 5) is 26.0. The second-order valence-electron chi connectivity index (χ2n) is 6.42. The Bertz CT molecular complexity index is 1040. The molecule has 3 aromatic rings. The smallest absolute Gasteiger partial charge is 0.343 e. The zero-order valence-electron chi connectivity index (χ0n) is 15.9. The highest BCUT2D eigenvalue weighted by Gasteiger charge is 2.23. The van der Waals surface area contributed by atoms with Crippen molar-refractivity contribution < 1.29 is 18.7 Å². The van der Waals surface area contributed by atoms with E-state index in [1.165, 1.54) is 22.7 Å². The first-order valence-electron chi connectivity index (χ1n) is 8.83. The predicted molar refractivity (Wildman–Crippen MR) is 106 cm³/mol. The Morgan fingerprint density at radius 1 is 1.14 bits per heavy atom. The van der Waals surface area contributed by atoms with Gasteiger partial charge in [0.15, 0.2) is 6.61 Å². The minimum atomic E-state index is -0.748. The van der Waals surface area contributed by atoms with Crippen LogP contribution in [0, 0.1) is 12.7 Å². The van der Waals surface area contributed by atoms with Gasteiger partial charge in [-0.05, 0) is 25.1 Å². The number of carbonyl (C=O) groups excluding carboxylic acids is 2. The lowest BCUT2D eigenvalue weighted by molar-refractivity contribution is -0.133. The first kappa shape index (κ1) is 20.5. The number of amides is 1. The van der Waals surface area contributed by atoms with Gasteiger partial charge in [-0.2, -0.15) is 5.10 Å². The van der Waals surface area contributed by atoms with Crippen LogP contribution in [0.25, 0.3) is 5.69 Å². The van der Waals surface area contributed by atoms with Crippen molar-refractivity contribution in [1.29, 1.82) is 0 Å². The quantitative estimate of drug-likeness (QED) is 0.574. The van der Waals surface area contributed by atoms with E-state index in [1.807, 2.05) is 18.2 Å². The number of carbonyl (C=O) groups is 2. The van der Waals surface area contributed by atoms with Gasteiger partial charge in [0.05, 0.1) is 11.4 Å². The Hall–Kier alpha value is -3.19. The molecule has 0 saturated carbocycles. The number of ether oxygens (including phenoxy) is 1. The van der Waals surface area contributed by atoms with Crippen molar-refractivity contribution in [2.75, 3.05) is 13.7 Å². The summed E-state index contributed by atoms with van der Waals surface area (Å²) in [6.45, 7) is 1.21. The summed E-state index contributed by atoms with van der Waals surface area (Å²) >= 11 is 6.32. The summed E-state index contributed by atoms with van der Waals surface area (Å²) < 4.78 is 20.3. The van der Waals surface area contributed by atoms with Crippen molar-refractivity contribution in [2.24, 2.45) is 0 Å². The number of likely N-dealkylation sites (N-methyl/N-ethyl adjacent to an activating group) is 1. The van der Waals surface area contributed by atoms with E-state index in [0.717, 1.165) is 0 Å². The molecule has 1 amide bonds. The summed E-state index contributed by atoms with van der Waals surface area (Å²) in [6.07, 6.45) is 0. The Kier molecular flexibility index (Phi) is 6.29. The number of benzene rings is 2. The molecule has 29 heavy (non-hydrogen) atoms. The van der Waals surface area contributed by atoms with Crippen LogP contribution in [-0.2, 0) is 16.1 Å². The topological polar surface area (TPSA) is 64.4 Å². The van der Waals surface area contributed by atoms with Crippen LogP contribution in [0.1, 0.15) is 21.6 Å². The third-order valence-electron chi connectivity index (χ3n) is 4.33. The van der Waals surface area contributed by atoms with Gasteiger partial charge in [-0.15, -0.1) is 0 Å². The van der Waals surface area contributed by atoms with Gasteiger partial charge in [0.1, 0.15) is 16.5 Å². The highest BCUT2D eigenvalue weighted by molar-refractivity contribution is 6.33. The second kappa shape index (κ2) is 8.87. The third kappa shape index (κ3) is 4.63. The normalized spacial score (nSPS) is 10.6. The Labute approximate surface area is 172 Å². The molecule has 0 radical (unpaired) electrons. The Balaban J connectivity index is 1.66. The molecular formula is C21H19ClFN3O3. The second-order valence-corrected chi connectivity index (χ2v) is 6.77. The average Bonchev–Trinajstić information content (AvgIpc) is 3.02. The summed E-state index contributed by atoms with van der Waals surface area (Å²) in [5.41, 5.74) is 1.55. The van der Waals surface area contributed by atoms with Gasteiger partial charge in [-0.1, -0.05) is 48.0 Å². The van der Waals surface area contributed by atoms with E-state index in [4.69, 9.17) is 16.3 Å². The number of rotatable bonds is 6. The van der Waals surface area contributed by atoms with Crippen LogP contribution in [0.5, 0.6) is 0 Å². The Morgan fingerprint density at radius 3 is 2.48 bits per heavy atom. The third-order valence-corrected chi connectivity index (χ3v) is 4.68. The SMILES string of the molecule is Cc1nn(-c2ccccc2)c(Cl)c1C(=O)OCC(=O)N(C)Cc1ccccc1F. The van der Waals surface area contributed by atoms with E-state index in [-0.39, 0.29) is 17.3 Å². The molecule has 0 unspecified atom stereocenters. The number of aromatic nitrogens is 2. The lowest BCUT2D eigenvalue weighted by atomic mass is 10.2. The fraction of sp³-hybridized carbons (Fsp3) is 0.190. The molecular weight excluding hydrogens is 397 g/mol. The van der Waals surface area contributed by atoms with Crippen LogP contribution in [0.3, 0.4) is 0 Å². The van der Waals surface area contributed by atoms with E-state index in [0.29, 0.717) is 16.9 Å². The molecule has 1 aromatic heterocycles. The molecule has 0 aliphatic rings. The minimum absolute atomic E-state index is 0.0643. The summed E-state index contributed by atoms with van der Waals surface area (Å²) in [5.74, 6) is -1.62. The fourth-order valence-corrected chi connectivity index (χ4v) is 3.10. The monoisotopic (exact) mass is 415 g/mol. The van der Waals surface area contributed by atoms with Crippen LogP contribution in [0.15, 0.2) is 54.6 Å². The molecule has 0 bridgehead atoms. The van der Waals surface area contributed by atoms with Gasteiger partial charge in [0.2, 0.25) is 0 Å². The van der Waals surface area contributed by atoms with Crippen molar-refractivity contribution in [3.8, 4) is 5.69 Å². The molecule has 6 nitrogen and oxygen atoms in total. The molecule has 0 aliphatic heterocycles. The molecule has 8 heteroatoms. The molecule has 0 fully saturated rings. The molecule has 0 aliphatic carbocycles. The molecule has 0 spiro atoms.